The Morgan fingerprint density at radius 3 is 2.59 bits per heavy atom. The van der Waals surface area contributed by atoms with Gasteiger partial charge >= 0.3 is 6.03 Å². The van der Waals surface area contributed by atoms with Crippen LogP contribution in [-0.2, 0) is 6.54 Å². The average Bonchev–Trinajstić information content (AvgIpc) is 3.41. The molecule has 1 aliphatic heterocycles. The van der Waals surface area contributed by atoms with Crippen molar-refractivity contribution in [3.63, 3.8) is 0 Å². The third-order valence-corrected chi connectivity index (χ3v) is 6.90. The van der Waals surface area contributed by atoms with Gasteiger partial charge in [-0.3, -0.25) is 9.69 Å². The molecule has 1 aromatic heterocycles. The third-order valence-electron chi connectivity index (χ3n) is 6.03. The lowest BCUT2D eigenvalue weighted by Gasteiger charge is -2.38. The lowest BCUT2D eigenvalue weighted by atomic mass is 10.0. The maximum absolute atomic E-state index is 12.8. The molecular formula is C26H27N5O2S. The molecule has 7 nitrogen and oxygen atoms in total. The SMILES string of the molecule is CC(c1cccc(C#N)c1)N1CCN(C(=O)Nc2cccc(C(=O)NCc3cccs3)c2)CC1. The maximum atomic E-state index is 12.8. The van der Waals surface area contributed by atoms with Gasteiger partial charge in [-0.25, -0.2) is 4.79 Å². The molecule has 0 saturated carbocycles. The van der Waals surface area contributed by atoms with Crippen molar-refractivity contribution in [3.05, 3.63) is 87.6 Å². The van der Waals surface area contributed by atoms with Crippen molar-refractivity contribution < 1.29 is 9.59 Å². The maximum Gasteiger partial charge on any atom is 0.321 e. The molecule has 1 aliphatic rings. The van der Waals surface area contributed by atoms with Crippen molar-refractivity contribution in [3.8, 4) is 6.07 Å². The highest BCUT2D eigenvalue weighted by atomic mass is 32.1. The van der Waals surface area contributed by atoms with Crippen molar-refractivity contribution in [2.24, 2.45) is 0 Å². The summed E-state index contributed by atoms with van der Waals surface area (Å²) in [5.74, 6) is -0.174. The number of rotatable bonds is 6. The zero-order chi connectivity index (χ0) is 23.9. The first-order valence-electron chi connectivity index (χ1n) is 11.2. The Hall–Kier alpha value is -3.67. The Morgan fingerprint density at radius 1 is 1.06 bits per heavy atom. The number of anilines is 1. The van der Waals surface area contributed by atoms with Gasteiger partial charge in [0.05, 0.1) is 18.2 Å². The van der Waals surface area contributed by atoms with Gasteiger partial charge in [-0.1, -0.05) is 24.3 Å². The molecule has 3 aromatic rings. The van der Waals surface area contributed by atoms with Crippen molar-refractivity contribution in [2.45, 2.75) is 19.5 Å². The smallest absolute Gasteiger partial charge is 0.321 e. The van der Waals surface area contributed by atoms with Crippen LogP contribution in [0.4, 0.5) is 10.5 Å². The third kappa shape index (κ3) is 5.81. The van der Waals surface area contributed by atoms with Crippen molar-refractivity contribution in [2.75, 3.05) is 31.5 Å². The molecule has 8 heteroatoms. The highest BCUT2D eigenvalue weighted by Gasteiger charge is 2.25. The van der Waals surface area contributed by atoms with E-state index in [1.54, 1.807) is 46.6 Å². The fourth-order valence-electron chi connectivity index (χ4n) is 4.01. The number of benzene rings is 2. The first-order valence-corrected chi connectivity index (χ1v) is 12.1. The van der Waals surface area contributed by atoms with Crippen LogP contribution in [0.15, 0.2) is 66.0 Å². The standard InChI is InChI=1S/C26H27N5O2S/c1-19(21-6-2-5-20(15-21)17-27)30-10-12-31(13-11-30)26(33)29-23-8-3-7-22(16-23)25(32)28-18-24-9-4-14-34-24/h2-9,14-16,19H,10-13,18H2,1H3,(H,28,32)(H,29,33). The van der Waals surface area contributed by atoms with Gasteiger partial charge in [0.25, 0.3) is 5.91 Å². The number of amides is 3. The number of carbonyl (C=O) groups is 2. The number of carbonyl (C=O) groups excluding carboxylic acids is 2. The zero-order valence-corrected chi connectivity index (χ0v) is 19.8. The van der Waals surface area contributed by atoms with Crippen LogP contribution >= 0.6 is 11.3 Å². The van der Waals surface area contributed by atoms with E-state index in [1.807, 2.05) is 35.7 Å². The van der Waals surface area contributed by atoms with Crippen LogP contribution in [0.1, 0.15) is 39.3 Å². The summed E-state index contributed by atoms with van der Waals surface area (Å²) in [6.45, 7) is 5.31. The summed E-state index contributed by atoms with van der Waals surface area (Å²) in [6, 6.07) is 20.8. The predicted molar refractivity (Wildman–Crippen MR) is 134 cm³/mol. The zero-order valence-electron chi connectivity index (χ0n) is 19.0. The molecule has 2 N–H and O–H groups in total. The van der Waals surface area contributed by atoms with Gasteiger partial charge in [-0.05, 0) is 54.3 Å². The molecule has 4 rings (SSSR count). The molecule has 0 spiro atoms. The number of hydrogen-bond donors (Lipinski definition) is 2. The van der Waals surface area contributed by atoms with E-state index < -0.39 is 0 Å². The highest BCUT2D eigenvalue weighted by molar-refractivity contribution is 7.09. The molecule has 1 fully saturated rings. The summed E-state index contributed by atoms with van der Waals surface area (Å²) in [5, 5.41) is 17.0. The van der Waals surface area contributed by atoms with Gasteiger partial charge < -0.3 is 15.5 Å². The Morgan fingerprint density at radius 2 is 1.85 bits per heavy atom. The number of nitrogens with one attached hydrogen (secondary N) is 2. The molecule has 34 heavy (non-hydrogen) atoms. The minimum absolute atomic E-state index is 0.169. The monoisotopic (exact) mass is 473 g/mol. The summed E-state index contributed by atoms with van der Waals surface area (Å²) in [5.41, 5.74) is 2.86. The number of nitrogens with zero attached hydrogens (tertiary/aromatic N) is 3. The minimum Gasteiger partial charge on any atom is -0.347 e. The topological polar surface area (TPSA) is 88.5 Å². The molecule has 1 atom stereocenters. The van der Waals surface area contributed by atoms with Gasteiger partial charge in [0, 0.05) is 48.3 Å². The van der Waals surface area contributed by atoms with Crippen molar-refractivity contribution >= 4 is 29.0 Å². The number of nitriles is 1. The first kappa shape index (κ1) is 23.5. The quantitative estimate of drug-likeness (QED) is 0.553. The molecular weight excluding hydrogens is 446 g/mol. The van der Waals surface area contributed by atoms with E-state index in [-0.39, 0.29) is 18.0 Å². The Balaban J connectivity index is 1.29. The van der Waals surface area contributed by atoms with E-state index in [4.69, 9.17) is 5.26 Å². The molecule has 0 bridgehead atoms. The molecule has 3 amide bonds. The summed E-state index contributed by atoms with van der Waals surface area (Å²) in [7, 11) is 0. The van der Waals surface area contributed by atoms with Crippen LogP contribution in [0.25, 0.3) is 0 Å². The van der Waals surface area contributed by atoms with E-state index in [0.29, 0.717) is 36.4 Å². The van der Waals surface area contributed by atoms with E-state index in [0.717, 1.165) is 23.5 Å². The molecule has 2 aromatic carbocycles. The summed E-state index contributed by atoms with van der Waals surface area (Å²) in [4.78, 5) is 30.5. The number of thiophene rings is 1. The number of urea groups is 1. The Kier molecular flexibility index (Phi) is 7.58. The van der Waals surface area contributed by atoms with Crippen LogP contribution in [0, 0.1) is 11.3 Å². The normalized spacial score (nSPS) is 14.8. The largest absolute Gasteiger partial charge is 0.347 e. The molecule has 0 aliphatic carbocycles. The molecule has 174 valence electrons. The second-order valence-electron chi connectivity index (χ2n) is 8.21. The van der Waals surface area contributed by atoms with Crippen LogP contribution in [0.3, 0.4) is 0 Å². The summed E-state index contributed by atoms with van der Waals surface area (Å²) < 4.78 is 0. The first-order chi connectivity index (χ1) is 16.5. The van der Waals surface area contributed by atoms with Gasteiger partial charge in [-0.2, -0.15) is 5.26 Å². The number of piperazine rings is 1. The lowest BCUT2D eigenvalue weighted by molar-refractivity contribution is 0.0951. The highest BCUT2D eigenvalue weighted by Crippen LogP contribution is 2.23. The van der Waals surface area contributed by atoms with Crippen LogP contribution < -0.4 is 10.6 Å². The molecule has 1 saturated heterocycles. The Bertz CT molecular complexity index is 1180. The fourth-order valence-corrected chi connectivity index (χ4v) is 4.66. The van der Waals surface area contributed by atoms with Crippen LogP contribution in [0.2, 0.25) is 0 Å². The van der Waals surface area contributed by atoms with Crippen molar-refractivity contribution in [1.82, 2.24) is 15.1 Å². The molecule has 0 radical (unpaired) electrons. The van der Waals surface area contributed by atoms with Gasteiger partial charge in [0.1, 0.15) is 0 Å². The number of hydrogen-bond acceptors (Lipinski definition) is 5. The van der Waals surface area contributed by atoms with Crippen LogP contribution in [0.5, 0.6) is 0 Å². The van der Waals surface area contributed by atoms with Gasteiger partial charge in [-0.15, -0.1) is 11.3 Å². The molecule has 2 heterocycles. The van der Waals surface area contributed by atoms with E-state index >= 15 is 0 Å². The Labute approximate surface area is 203 Å². The van der Waals surface area contributed by atoms with Crippen LogP contribution in [-0.4, -0.2) is 47.9 Å². The van der Waals surface area contributed by atoms with E-state index in [1.165, 1.54) is 0 Å². The van der Waals surface area contributed by atoms with Gasteiger partial charge in [0.2, 0.25) is 0 Å². The molecule has 1 unspecified atom stereocenters. The second-order valence-corrected chi connectivity index (χ2v) is 9.24. The lowest BCUT2D eigenvalue weighted by Crippen LogP contribution is -2.50. The fraction of sp³-hybridized carbons (Fsp3) is 0.269. The van der Waals surface area contributed by atoms with E-state index in [2.05, 4.69) is 28.5 Å². The van der Waals surface area contributed by atoms with Gasteiger partial charge in [0.15, 0.2) is 0 Å². The summed E-state index contributed by atoms with van der Waals surface area (Å²) in [6.07, 6.45) is 0. The predicted octanol–water partition coefficient (Wildman–Crippen LogP) is 4.46. The second kappa shape index (κ2) is 11.0. The van der Waals surface area contributed by atoms with Crippen molar-refractivity contribution in [1.29, 1.82) is 5.26 Å². The van der Waals surface area contributed by atoms with E-state index in [9.17, 15) is 9.59 Å². The minimum atomic E-state index is -0.174. The average molecular weight is 474 g/mol. The summed E-state index contributed by atoms with van der Waals surface area (Å²) >= 11 is 1.60.